The summed E-state index contributed by atoms with van der Waals surface area (Å²) in [5.74, 6) is -1.45. The van der Waals surface area contributed by atoms with Crippen LogP contribution in [0.3, 0.4) is 0 Å². The van der Waals surface area contributed by atoms with Crippen LogP contribution in [0.4, 0.5) is 0 Å². The lowest BCUT2D eigenvalue weighted by molar-refractivity contribution is -0.138. The highest BCUT2D eigenvalue weighted by molar-refractivity contribution is 5.76. The summed E-state index contributed by atoms with van der Waals surface area (Å²) in [7, 11) is 0. The molecular formula is C10H13NO2. The highest BCUT2D eigenvalue weighted by atomic mass is 16.4. The van der Waals surface area contributed by atoms with E-state index in [4.69, 9.17) is 10.8 Å². The molecule has 0 saturated carbocycles. The highest BCUT2D eigenvalue weighted by Gasteiger charge is 2.17. The van der Waals surface area contributed by atoms with E-state index in [1.165, 1.54) is 0 Å². The smallest absolute Gasteiger partial charge is 0.312 e. The third-order valence-corrected chi connectivity index (χ3v) is 1.98. The number of rotatable bonds is 3. The Bertz CT molecular complexity index is 310. The number of carboxylic acids is 1. The molecule has 0 unspecified atom stereocenters. The Morgan fingerprint density at radius 1 is 1.62 bits per heavy atom. The minimum absolute atomic E-state index is 0.138. The maximum absolute atomic E-state index is 10.8. The van der Waals surface area contributed by atoms with Crippen LogP contribution in [-0.4, -0.2) is 17.6 Å². The molecule has 0 aliphatic carbocycles. The molecule has 0 aliphatic rings. The monoisotopic (exact) mass is 179 g/mol. The summed E-state index contributed by atoms with van der Waals surface area (Å²) in [6.45, 7) is 2.07. The van der Waals surface area contributed by atoms with E-state index in [-0.39, 0.29) is 6.54 Å². The van der Waals surface area contributed by atoms with Gasteiger partial charge in [-0.05, 0) is 12.5 Å². The van der Waals surface area contributed by atoms with Crippen molar-refractivity contribution < 1.29 is 9.90 Å². The maximum atomic E-state index is 10.8. The number of benzene rings is 1. The molecular weight excluding hydrogens is 166 g/mol. The van der Waals surface area contributed by atoms with Gasteiger partial charge in [0.1, 0.15) is 0 Å². The molecule has 0 fully saturated rings. The fraction of sp³-hybridized carbons (Fsp3) is 0.300. The van der Waals surface area contributed by atoms with Crippen LogP contribution in [-0.2, 0) is 4.79 Å². The van der Waals surface area contributed by atoms with E-state index >= 15 is 0 Å². The molecule has 0 aromatic heterocycles. The van der Waals surface area contributed by atoms with E-state index in [1.807, 2.05) is 25.1 Å². The van der Waals surface area contributed by atoms with Gasteiger partial charge >= 0.3 is 5.97 Å². The van der Waals surface area contributed by atoms with Gasteiger partial charge in [-0.3, -0.25) is 4.79 Å². The lowest BCUT2D eigenvalue weighted by Gasteiger charge is -2.09. The van der Waals surface area contributed by atoms with Crippen molar-refractivity contribution >= 4 is 5.97 Å². The van der Waals surface area contributed by atoms with Gasteiger partial charge < -0.3 is 10.8 Å². The quantitative estimate of drug-likeness (QED) is 0.730. The van der Waals surface area contributed by atoms with Crippen LogP contribution in [0.25, 0.3) is 0 Å². The molecule has 0 aliphatic heterocycles. The van der Waals surface area contributed by atoms with Crippen molar-refractivity contribution in [1.82, 2.24) is 0 Å². The first-order valence-corrected chi connectivity index (χ1v) is 4.14. The van der Waals surface area contributed by atoms with E-state index in [1.54, 1.807) is 6.07 Å². The normalized spacial score (nSPS) is 12.5. The molecule has 3 nitrogen and oxygen atoms in total. The van der Waals surface area contributed by atoms with Crippen molar-refractivity contribution in [1.29, 1.82) is 0 Å². The summed E-state index contributed by atoms with van der Waals surface area (Å²) in [6, 6.07) is 7.42. The van der Waals surface area contributed by atoms with Gasteiger partial charge in [0, 0.05) is 6.54 Å². The van der Waals surface area contributed by atoms with Gasteiger partial charge in [0.05, 0.1) is 5.92 Å². The zero-order valence-corrected chi connectivity index (χ0v) is 7.53. The van der Waals surface area contributed by atoms with Gasteiger partial charge in [0.2, 0.25) is 0 Å². The molecule has 13 heavy (non-hydrogen) atoms. The Morgan fingerprint density at radius 2 is 2.31 bits per heavy atom. The first-order chi connectivity index (χ1) is 6.15. The summed E-state index contributed by atoms with van der Waals surface area (Å²) in [5, 5.41) is 8.84. The van der Waals surface area contributed by atoms with E-state index in [0.717, 1.165) is 11.1 Å². The molecule has 0 bridgehead atoms. The van der Waals surface area contributed by atoms with Crippen LogP contribution in [0.2, 0.25) is 0 Å². The molecule has 1 aromatic carbocycles. The first kappa shape index (κ1) is 9.74. The van der Waals surface area contributed by atoms with Crippen LogP contribution < -0.4 is 5.73 Å². The zero-order chi connectivity index (χ0) is 9.84. The van der Waals surface area contributed by atoms with Gasteiger partial charge in [-0.2, -0.15) is 0 Å². The van der Waals surface area contributed by atoms with Crippen molar-refractivity contribution in [2.45, 2.75) is 12.8 Å². The molecule has 70 valence electrons. The van der Waals surface area contributed by atoms with E-state index < -0.39 is 11.9 Å². The number of carboxylic acid groups (broad SMARTS) is 1. The second-order valence-electron chi connectivity index (χ2n) is 3.04. The summed E-state index contributed by atoms with van der Waals surface area (Å²) in [4.78, 5) is 10.8. The van der Waals surface area contributed by atoms with Gasteiger partial charge in [0.25, 0.3) is 0 Å². The molecule has 3 N–H and O–H groups in total. The van der Waals surface area contributed by atoms with Crippen LogP contribution >= 0.6 is 0 Å². The average Bonchev–Trinajstić information content (AvgIpc) is 2.04. The molecule has 1 rings (SSSR count). The summed E-state index contributed by atoms with van der Waals surface area (Å²) in [6.07, 6.45) is 0. The maximum Gasteiger partial charge on any atom is 0.312 e. The minimum Gasteiger partial charge on any atom is -0.481 e. The molecule has 1 aromatic rings. The molecule has 0 spiro atoms. The number of hydrogen-bond acceptors (Lipinski definition) is 2. The molecule has 3 heteroatoms. The van der Waals surface area contributed by atoms with Gasteiger partial charge in [0.15, 0.2) is 0 Å². The lowest BCUT2D eigenvalue weighted by atomic mass is 9.98. The standard InChI is InChI=1S/C10H13NO2/c1-7-3-2-4-8(5-7)9(6-11)10(12)13/h2-5,9H,6,11H2,1H3,(H,12,13)/t9-/m1/s1. The van der Waals surface area contributed by atoms with Crippen molar-refractivity contribution in [3.63, 3.8) is 0 Å². The molecule has 0 heterocycles. The lowest BCUT2D eigenvalue weighted by Crippen LogP contribution is -2.21. The van der Waals surface area contributed by atoms with E-state index in [2.05, 4.69) is 0 Å². The topological polar surface area (TPSA) is 63.3 Å². The van der Waals surface area contributed by atoms with Gasteiger partial charge in [-0.25, -0.2) is 0 Å². The third kappa shape index (κ3) is 2.29. The second-order valence-corrected chi connectivity index (χ2v) is 3.04. The molecule has 0 amide bonds. The van der Waals surface area contributed by atoms with Crippen LogP contribution in [0.5, 0.6) is 0 Å². The Kier molecular flexibility index (Phi) is 3.03. The first-order valence-electron chi connectivity index (χ1n) is 4.14. The zero-order valence-electron chi connectivity index (χ0n) is 7.53. The predicted octanol–water partition coefficient (Wildman–Crippen LogP) is 1.12. The largest absolute Gasteiger partial charge is 0.481 e. The molecule has 1 atom stereocenters. The Hall–Kier alpha value is -1.35. The van der Waals surface area contributed by atoms with E-state index in [0.29, 0.717) is 0 Å². The summed E-state index contributed by atoms with van der Waals surface area (Å²) in [5.41, 5.74) is 7.20. The fourth-order valence-electron chi connectivity index (χ4n) is 1.27. The highest BCUT2D eigenvalue weighted by Crippen LogP contribution is 2.15. The summed E-state index contributed by atoms with van der Waals surface area (Å²) < 4.78 is 0. The Morgan fingerprint density at radius 3 is 2.77 bits per heavy atom. The summed E-state index contributed by atoms with van der Waals surface area (Å²) >= 11 is 0. The van der Waals surface area contributed by atoms with Gasteiger partial charge in [-0.15, -0.1) is 0 Å². The molecule has 0 radical (unpaired) electrons. The van der Waals surface area contributed by atoms with Crippen LogP contribution in [0.15, 0.2) is 24.3 Å². The fourth-order valence-corrected chi connectivity index (χ4v) is 1.27. The Balaban J connectivity index is 2.98. The SMILES string of the molecule is Cc1cccc([C@@H](CN)C(=O)O)c1. The van der Waals surface area contributed by atoms with Crippen molar-refractivity contribution in [3.8, 4) is 0 Å². The molecule has 0 saturated heterocycles. The number of aryl methyl sites for hydroxylation is 1. The number of carbonyl (C=O) groups is 1. The van der Waals surface area contributed by atoms with Crippen molar-refractivity contribution in [2.24, 2.45) is 5.73 Å². The van der Waals surface area contributed by atoms with Crippen LogP contribution in [0, 0.1) is 6.92 Å². The number of nitrogens with two attached hydrogens (primary N) is 1. The number of hydrogen-bond donors (Lipinski definition) is 2. The average molecular weight is 179 g/mol. The van der Waals surface area contributed by atoms with Crippen molar-refractivity contribution in [2.75, 3.05) is 6.54 Å². The van der Waals surface area contributed by atoms with Crippen molar-refractivity contribution in [3.05, 3.63) is 35.4 Å². The number of aliphatic carboxylic acids is 1. The predicted molar refractivity (Wildman–Crippen MR) is 50.6 cm³/mol. The van der Waals surface area contributed by atoms with E-state index in [9.17, 15) is 4.79 Å². The minimum atomic E-state index is -0.867. The second kappa shape index (κ2) is 4.05. The third-order valence-electron chi connectivity index (χ3n) is 1.98. The Labute approximate surface area is 77.2 Å². The van der Waals surface area contributed by atoms with Gasteiger partial charge in [-0.1, -0.05) is 29.8 Å². The van der Waals surface area contributed by atoms with Crippen LogP contribution in [0.1, 0.15) is 17.0 Å².